The molecule has 0 amide bonds. The van der Waals surface area contributed by atoms with Gasteiger partial charge in [0.05, 0.1) is 31.9 Å². The van der Waals surface area contributed by atoms with Crippen molar-refractivity contribution in [3.05, 3.63) is 137 Å². The van der Waals surface area contributed by atoms with Gasteiger partial charge in [0, 0.05) is 23.7 Å². The number of hydrogen-bond acceptors (Lipinski definition) is 7. The predicted molar refractivity (Wildman–Crippen MR) is 194 cm³/mol. The summed E-state index contributed by atoms with van der Waals surface area (Å²) in [6.07, 6.45) is 3.99. The van der Waals surface area contributed by atoms with Crippen LogP contribution in [0.2, 0.25) is 0 Å². The van der Waals surface area contributed by atoms with Gasteiger partial charge in [-0.15, -0.1) is 0 Å². The van der Waals surface area contributed by atoms with Gasteiger partial charge in [-0.05, 0) is 98.4 Å². The minimum atomic E-state index is -0.351. The second-order valence-corrected chi connectivity index (χ2v) is 14.0. The van der Waals surface area contributed by atoms with Gasteiger partial charge < -0.3 is 9.47 Å². The van der Waals surface area contributed by atoms with E-state index >= 15 is 0 Å². The van der Waals surface area contributed by atoms with Gasteiger partial charge in [0.15, 0.2) is 11.6 Å². The smallest absolute Gasteiger partial charge is 0.337 e. The van der Waals surface area contributed by atoms with Crippen molar-refractivity contribution in [3.8, 4) is 5.75 Å². The lowest BCUT2D eigenvalue weighted by Crippen LogP contribution is -2.57. The molecule has 0 saturated carbocycles. The van der Waals surface area contributed by atoms with Crippen LogP contribution in [0.1, 0.15) is 70.1 Å². The second-order valence-electron chi connectivity index (χ2n) is 14.0. The Bertz CT molecular complexity index is 1790. The Hall–Kier alpha value is -4.59. The number of methoxy groups -OCH3 is 2. The van der Waals surface area contributed by atoms with Crippen molar-refractivity contribution in [2.45, 2.75) is 49.6 Å². The van der Waals surface area contributed by atoms with Crippen LogP contribution in [0.15, 0.2) is 109 Å². The maximum Gasteiger partial charge on any atom is 0.337 e. The van der Waals surface area contributed by atoms with E-state index in [1.807, 2.05) is 54.6 Å². The molecule has 0 aliphatic carbocycles. The number of esters is 1. The summed E-state index contributed by atoms with van der Waals surface area (Å²) in [6, 6.07) is 36.1. The normalized spacial score (nSPS) is 26.4. The molecule has 4 bridgehead atoms. The Morgan fingerprint density at radius 1 is 0.580 bits per heavy atom. The highest BCUT2D eigenvalue weighted by molar-refractivity contribution is 5.91. The lowest BCUT2D eigenvalue weighted by Gasteiger charge is -2.47. The van der Waals surface area contributed by atoms with Gasteiger partial charge >= 0.3 is 5.97 Å². The fourth-order valence-electron chi connectivity index (χ4n) is 8.76. The molecule has 0 radical (unpaired) electrons. The predicted octanol–water partition coefficient (Wildman–Crippen LogP) is 6.76. The van der Waals surface area contributed by atoms with Crippen LogP contribution in [0.5, 0.6) is 5.75 Å². The number of fused-ring (bicyclic) bond motifs is 6. The van der Waals surface area contributed by atoms with Crippen molar-refractivity contribution in [2.24, 2.45) is 11.8 Å². The van der Waals surface area contributed by atoms with Crippen molar-refractivity contribution in [1.82, 2.24) is 9.80 Å². The standard InChI is InChI=1S/C22H23NO3.C21H23NO2/c1-26-22(25)18-9-5-8-17(14-18)19(15-6-3-2-4-7-15)20-21(24)16-10-12-23(20)13-11-16;1-24-18-9-5-8-17(14-18)19(15-6-3-2-4-7-15)20-21(23)16-10-12-22(20)13-11-16/h2-9,14,16,19-20H,10-13H2,1H3;2-9,14,16,19-20H,10-13H2,1H3. The van der Waals surface area contributed by atoms with Gasteiger partial charge in [0.2, 0.25) is 0 Å². The highest BCUT2D eigenvalue weighted by atomic mass is 16.5. The van der Waals surface area contributed by atoms with Crippen LogP contribution in [0.3, 0.4) is 0 Å². The first-order valence-electron chi connectivity index (χ1n) is 17.9. The number of hydrogen-bond donors (Lipinski definition) is 0. The van der Waals surface area contributed by atoms with Crippen molar-refractivity contribution < 1.29 is 23.9 Å². The van der Waals surface area contributed by atoms with E-state index in [0.29, 0.717) is 17.1 Å². The van der Waals surface area contributed by atoms with Crippen LogP contribution in [-0.2, 0) is 14.3 Å². The molecule has 0 aromatic heterocycles. The molecule has 4 aromatic rings. The molecule has 6 fully saturated rings. The number of carbonyl (C=O) groups is 3. The third kappa shape index (κ3) is 6.77. The van der Waals surface area contributed by atoms with Crippen molar-refractivity contribution in [3.63, 3.8) is 0 Å². The monoisotopic (exact) mass is 670 g/mol. The lowest BCUT2D eigenvalue weighted by atomic mass is 9.73. The summed E-state index contributed by atoms with van der Waals surface area (Å²) >= 11 is 0. The summed E-state index contributed by atoms with van der Waals surface area (Å²) in [7, 11) is 3.08. The number of rotatable bonds is 8. The fourth-order valence-corrected chi connectivity index (χ4v) is 8.76. The Kier molecular flexibility index (Phi) is 10.2. The molecule has 10 rings (SSSR count). The average molecular weight is 671 g/mol. The molecule has 0 spiro atoms. The number of ether oxygens (including phenoxy) is 2. The van der Waals surface area contributed by atoms with Crippen LogP contribution < -0.4 is 4.74 Å². The average Bonchev–Trinajstić information content (AvgIpc) is 3.19. The van der Waals surface area contributed by atoms with E-state index in [4.69, 9.17) is 9.47 Å². The summed E-state index contributed by atoms with van der Waals surface area (Å²) in [5.74, 6) is 1.68. The number of carbonyl (C=O) groups excluding carboxylic acids is 3. The van der Waals surface area contributed by atoms with E-state index in [1.165, 1.54) is 12.7 Å². The summed E-state index contributed by atoms with van der Waals surface area (Å²) in [5.41, 5.74) is 4.99. The minimum Gasteiger partial charge on any atom is -0.497 e. The Morgan fingerprint density at radius 3 is 1.46 bits per heavy atom. The summed E-state index contributed by atoms with van der Waals surface area (Å²) < 4.78 is 10.3. The maximum absolute atomic E-state index is 13.1. The van der Waals surface area contributed by atoms with Crippen molar-refractivity contribution in [2.75, 3.05) is 40.4 Å². The minimum absolute atomic E-state index is 0.0491. The lowest BCUT2D eigenvalue weighted by molar-refractivity contribution is -0.138. The van der Waals surface area contributed by atoms with Crippen molar-refractivity contribution >= 4 is 17.5 Å². The summed E-state index contributed by atoms with van der Waals surface area (Å²) in [6.45, 7) is 4.02. The zero-order valence-electron chi connectivity index (χ0n) is 28.9. The molecule has 50 heavy (non-hydrogen) atoms. The highest BCUT2D eigenvalue weighted by Gasteiger charge is 2.47. The van der Waals surface area contributed by atoms with Crippen LogP contribution in [0.25, 0.3) is 0 Å². The molecule has 4 aromatic carbocycles. The first kappa shape index (κ1) is 33.9. The Morgan fingerprint density at radius 2 is 1.02 bits per heavy atom. The number of piperidine rings is 6. The fraction of sp³-hybridized carbons (Fsp3) is 0.372. The van der Waals surface area contributed by atoms with Crippen LogP contribution in [0, 0.1) is 11.8 Å². The quantitative estimate of drug-likeness (QED) is 0.192. The van der Waals surface area contributed by atoms with Crippen LogP contribution in [-0.4, -0.2) is 79.8 Å². The van der Waals surface area contributed by atoms with E-state index in [1.54, 1.807) is 13.2 Å². The largest absolute Gasteiger partial charge is 0.497 e. The highest BCUT2D eigenvalue weighted by Crippen LogP contribution is 2.41. The molecule has 7 nitrogen and oxygen atoms in total. The molecule has 6 heterocycles. The molecular formula is C43H46N2O5. The van der Waals surface area contributed by atoms with E-state index < -0.39 is 0 Å². The first-order valence-corrected chi connectivity index (χ1v) is 17.9. The van der Waals surface area contributed by atoms with Crippen LogP contribution in [0.4, 0.5) is 0 Å². The van der Waals surface area contributed by atoms with Gasteiger partial charge in [-0.2, -0.15) is 0 Å². The number of Topliss-reactive ketones (excluding diaryl/α,β-unsaturated/α-hetero) is 2. The third-order valence-electron chi connectivity index (χ3n) is 11.3. The number of ketones is 2. The van der Waals surface area contributed by atoms with Gasteiger partial charge in [-0.1, -0.05) is 84.9 Å². The Labute approximate surface area is 295 Å². The number of benzene rings is 4. The topological polar surface area (TPSA) is 76.1 Å². The zero-order chi connectivity index (χ0) is 34.6. The maximum atomic E-state index is 13.1. The molecule has 0 N–H and O–H groups in total. The van der Waals surface area contributed by atoms with E-state index in [9.17, 15) is 14.4 Å². The first-order chi connectivity index (χ1) is 24.5. The van der Waals surface area contributed by atoms with E-state index in [2.05, 4.69) is 58.3 Å². The molecule has 7 heteroatoms. The molecule has 258 valence electrons. The van der Waals surface area contributed by atoms with E-state index in [-0.39, 0.29) is 41.7 Å². The van der Waals surface area contributed by atoms with Gasteiger partial charge in [0.25, 0.3) is 0 Å². The molecule has 4 atom stereocenters. The second kappa shape index (κ2) is 15.1. The molecule has 4 unspecified atom stereocenters. The van der Waals surface area contributed by atoms with Gasteiger partial charge in [-0.3, -0.25) is 19.4 Å². The van der Waals surface area contributed by atoms with Gasteiger partial charge in [-0.25, -0.2) is 4.79 Å². The van der Waals surface area contributed by atoms with E-state index in [0.717, 1.165) is 74.3 Å². The summed E-state index contributed by atoms with van der Waals surface area (Å²) in [4.78, 5) is 42.9. The molecule has 6 aliphatic heterocycles. The number of nitrogens with zero attached hydrogens (tertiary/aromatic N) is 2. The SMILES string of the molecule is COC(=O)c1cccc(C(c2ccccc2)C2C(=O)C3CCN2CC3)c1.COc1cccc(C(c2ccccc2)C2C(=O)C3CCN2CC3)c1. The molecule has 6 aliphatic rings. The Balaban J connectivity index is 0.000000157. The zero-order valence-corrected chi connectivity index (χ0v) is 28.9. The molecule has 6 saturated heterocycles. The van der Waals surface area contributed by atoms with Crippen molar-refractivity contribution in [1.29, 1.82) is 0 Å². The summed E-state index contributed by atoms with van der Waals surface area (Å²) in [5, 5.41) is 0. The third-order valence-corrected chi connectivity index (χ3v) is 11.3. The molecular weight excluding hydrogens is 624 g/mol. The van der Waals surface area contributed by atoms with Gasteiger partial charge in [0.1, 0.15) is 5.75 Å². The van der Waals surface area contributed by atoms with Crippen LogP contribution >= 0.6 is 0 Å².